The van der Waals surface area contributed by atoms with Crippen molar-refractivity contribution in [3.63, 3.8) is 0 Å². The first kappa shape index (κ1) is 21.0. The highest BCUT2D eigenvalue weighted by Crippen LogP contribution is 2.18. The van der Waals surface area contributed by atoms with Crippen molar-refractivity contribution in [1.82, 2.24) is 15.2 Å². The summed E-state index contributed by atoms with van der Waals surface area (Å²) in [5.41, 5.74) is 0.214. The lowest BCUT2D eigenvalue weighted by Gasteiger charge is -2.24. The van der Waals surface area contributed by atoms with Gasteiger partial charge in [0, 0.05) is 31.2 Å². The molecule has 2 aromatic rings. The van der Waals surface area contributed by atoms with Gasteiger partial charge in [-0.2, -0.15) is 0 Å². The average molecular weight is 434 g/mol. The van der Waals surface area contributed by atoms with Crippen molar-refractivity contribution in [2.75, 3.05) is 26.3 Å². The molecule has 0 saturated carbocycles. The van der Waals surface area contributed by atoms with E-state index in [0.29, 0.717) is 25.4 Å². The van der Waals surface area contributed by atoms with E-state index in [0.717, 1.165) is 43.8 Å². The highest BCUT2D eigenvalue weighted by atomic mass is 32.1. The van der Waals surface area contributed by atoms with Crippen molar-refractivity contribution in [2.24, 2.45) is 0 Å². The second kappa shape index (κ2) is 10.2. The van der Waals surface area contributed by atoms with E-state index in [1.165, 1.54) is 6.26 Å². The number of hydrogen-bond donors (Lipinski definition) is 1. The summed E-state index contributed by atoms with van der Waals surface area (Å²) >= 11 is 1.56. The molecule has 1 N–H and O–H groups in total. The Morgan fingerprint density at radius 2 is 2.00 bits per heavy atom. The summed E-state index contributed by atoms with van der Waals surface area (Å²) < 4.78 is 16.7. The van der Waals surface area contributed by atoms with Gasteiger partial charge in [0.25, 0.3) is 5.91 Å². The van der Waals surface area contributed by atoms with Crippen molar-refractivity contribution in [3.05, 3.63) is 40.2 Å². The van der Waals surface area contributed by atoms with Gasteiger partial charge in [-0.15, -0.1) is 11.3 Å². The lowest BCUT2D eigenvalue weighted by atomic mass is 10.2. The van der Waals surface area contributed by atoms with E-state index in [9.17, 15) is 9.59 Å². The van der Waals surface area contributed by atoms with E-state index in [1.54, 1.807) is 16.2 Å². The smallest absolute Gasteiger partial charge is 0.273 e. The number of carbonyl (C=O) groups excluding carboxylic acids is 2. The van der Waals surface area contributed by atoms with Crippen LogP contribution in [0.5, 0.6) is 0 Å². The third kappa shape index (κ3) is 5.68. The van der Waals surface area contributed by atoms with E-state index in [4.69, 9.17) is 13.9 Å². The van der Waals surface area contributed by atoms with Crippen LogP contribution in [0.3, 0.4) is 0 Å². The largest absolute Gasteiger partial charge is 0.446 e. The van der Waals surface area contributed by atoms with Crippen molar-refractivity contribution in [1.29, 1.82) is 0 Å². The number of thiophene rings is 1. The minimum Gasteiger partial charge on any atom is -0.446 e. The van der Waals surface area contributed by atoms with Crippen LogP contribution in [0, 0.1) is 0 Å². The SMILES string of the molecule is O=C(NCC1CCCO1)c1coc(CN(CC2CCCO2)C(=O)Cc2cccs2)n1. The molecule has 2 aliphatic heterocycles. The van der Waals surface area contributed by atoms with Crippen LogP contribution in [0.4, 0.5) is 0 Å². The molecule has 2 atom stereocenters. The first-order chi connectivity index (χ1) is 14.7. The third-order valence-corrected chi connectivity index (χ3v) is 6.21. The third-order valence-electron chi connectivity index (χ3n) is 5.33. The molecule has 162 valence electrons. The van der Waals surface area contributed by atoms with Crippen LogP contribution in [0.2, 0.25) is 0 Å². The number of aromatic nitrogens is 1. The number of hydrogen-bond acceptors (Lipinski definition) is 7. The molecular weight excluding hydrogens is 406 g/mol. The van der Waals surface area contributed by atoms with Crippen LogP contribution < -0.4 is 5.32 Å². The zero-order valence-corrected chi connectivity index (χ0v) is 17.7. The van der Waals surface area contributed by atoms with Crippen LogP contribution in [0.15, 0.2) is 28.2 Å². The Morgan fingerprint density at radius 3 is 2.70 bits per heavy atom. The zero-order chi connectivity index (χ0) is 20.8. The first-order valence-electron chi connectivity index (χ1n) is 10.4. The number of carbonyl (C=O) groups is 2. The second-order valence-corrected chi connectivity index (χ2v) is 8.67. The number of nitrogens with one attached hydrogen (secondary N) is 1. The predicted octanol–water partition coefficient (Wildman–Crippen LogP) is 2.40. The molecule has 2 aromatic heterocycles. The summed E-state index contributed by atoms with van der Waals surface area (Å²) in [4.78, 5) is 32.3. The van der Waals surface area contributed by atoms with E-state index in [2.05, 4.69) is 10.3 Å². The van der Waals surface area contributed by atoms with E-state index in [1.807, 2.05) is 17.5 Å². The van der Waals surface area contributed by atoms with E-state index in [-0.39, 0.29) is 36.3 Å². The van der Waals surface area contributed by atoms with E-state index >= 15 is 0 Å². The lowest BCUT2D eigenvalue weighted by Crippen LogP contribution is -2.38. The minimum absolute atomic E-state index is 0.00414. The van der Waals surface area contributed by atoms with Gasteiger partial charge in [-0.3, -0.25) is 9.59 Å². The number of nitrogens with zero attached hydrogens (tertiary/aromatic N) is 2. The van der Waals surface area contributed by atoms with Gasteiger partial charge in [-0.1, -0.05) is 6.07 Å². The maximum atomic E-state index is 12.9. The number of ether oxygens (including phenoxy) is 2. The summed E-state index contributed by atoms with van der Waals surface area (Å²) in [7, 11) is 0. The molecular formula is C21H27N3O5S. The van der Waals surface area contributed by atoms with Gasteiger partial charge in [0.05, 0.1) is 25.2 Å². The molecule has 0 aromatic carbocycles. The van der Waals surface area contributed by atoms with Gasteiger partial charge >= 0.3 is 0 Å². The molecule has 2 aliphatic rings. The molecule has 30 heavy (non-hydrogen) atoms. The van der Waals surface area contributed by atoms with Gasteiger partial charge in [-0.05, 0) is 37.1 Å². The Hall–Kier alpha value is -2.23. The summed E-state index contributed by atoms with van der Waals surface area (Å²) in [5, 5.41) is 4.79. The van der Waals surface area contributed by atoms with Crippen LogP contribution in [0.1, 0.15) is 46.9 Å². The molecule has 0 aliphatic carbocycles. The molecule has 2 unspecified atom stereocenters. The minimum atomic E-state index is -0.295. The van der Waals surface area contributed by atoms with Gasteiger partial charge < -0.3 is 24.1 Å². The summed E-state index contributed by atoms with van der Waals surface area (Å²) in [6.45, 7) is 2.64. The van der Waals surface area contributed by atoms with Gasteiger partial charge in [0.2, 0.25) is 11.8 Å². The van der Waals surface area contributed by atoms with Crippen LogP contribution in [-0.2, 0) is 27.2 Å². The molecule has 0 bridgehead atoms. The topological polar surface area (TPSA) is 93.9 Å². The fourth-order valence-corrected chi connectivity index (χ4v) is 4.41. The van der Waals surface area contributed by atoms with Crippen molar-refractivity contribution >= 4 is 23.2 Å². The van der Waals surface area contributed by atoms with Crippen LogP contribution in [0.25, 0.3) is 0 Å². The highest BCUT2D eigenvalue weighted by Gasteiger charge is 2.25. The summed E-state index contributed by atoms with van der Waals surface area (Å²) in [6, 6.07) is 3.89. The molecule has 0 spiro atoms. The fourth-order valence-electron chi connectivity index (χ4n) is 3.72. The maximum Gasteiger partial charge on any atom is 0.273 e. The normalized spacial score (nSPS) is 21.1. The Bertz CT molecular complexity index is 826. The Kier molecular flexibility index (Phi) is 7.14. The number of amides is 2. The van der Waals surface area contributed by atoms with Crippen LogP contribution in [-0.4, -0.2) is 60.2 Å². The number of rotatable bonds is 9. The quantitative estimate of drug-likeness (QED) is 0.653. The predicted molar refractivity (Wildman–Crippen MR) is 110 cm³/mol. The fraction of sp³-hybridized carbons (Fsp3) is 0.571. The number of oxazole rings is 1. The zero-order valence-electron chi connectivity index (χ0n) is 16.9. The van der Waals surface area contributed by atoms with Gasteiger partial charge in [-0.25, -0.2) is 4.98 Å². The molecule has 9 heteroatoms. The van der Waals surface area contributed by atoms with Gasteiger partial charge in [0.15, 0.2) is 5.69 Å². The molecule has 0 radical (unpaired) electrons. The molecule has 4 heterocycles. The molecule has 2 fully saturated rings. The molecule has 4 rings (SSSR count). The highest BCUT2D eigenvalue weighted by molar-refractivity contribution is 7.10. The first-order valence-corrected chi connectivity index (χ1v) is 11.3. The van der Waals surface area contributed by atoms with Crippen molar-refractivity contribution in [3.8, 4) is 0 Å². The lowest BCUT2D eigenvalue weighted by molar-refractivity contribution is -0.133. The molecule has 2 saturated heterocycles. The van der Waals surface area contributed by atoms with Crippen molar-refractivity contribution < 1.29 is 23.5 Å². The maximum absolute atomic E-state index is 12.9. The standard InChI is InChI=1S/C21H27N3O5S/c25-20(10-17-6-3-9-30-17)24(12-16-5-2-8-28-16)13-19-23-18(14-29-19)21(26)22-11-15-4-1-7-27-15/h3,6,9,14-16H,1-2,4-5,7-8,10-13H2,(H,22,26). The summed E-state index contributed by atoms with van der Waals surface area (Å²) in [6.07, 6.45) is 5.69. The van der Waals surface area contributed by atoms with E-state index < -0.39 is 0 Å². The van der Waals surface area contributed by atoms with Gasteiger partial charge in [0.1, 0.15) is 6.26 Å². The summed E-state index contributed by atoms with van der Waals surface area (Å²) in [5.74, 6) is 0.0430. The monoisotopic (exact) mass is 433 g/mol. The Morgan fingerprint density at radius 1 is 1.20 bits per heavy atom. The average Bonchev–Trinajstić information content (AvgIpc) is 3.54. The van der Waals surface area contributed by atoms with Crippen LogP contribution >= 0.6 is 11.3 Å². The second-order valence-electron chi connectivity index (χ2n) is 7.64. The molecule has 8 nitrogen and oxygen atoms in total. The van der Waals surface area contributed by atoms with Crippen molar-refractivity contribution in [2.45, 2.75) is 50.9 Å². The molecule has 2 amide bonds. The Balaban J connectivity index is 1.36. The Labute approximate surface area is 179 Å².